The fourth-order valence-corrected chi connectivity index (χ4v) is 1.64. The molecule has 1 aromatic carbocycles. The Labute approximate surface area is 110 Å². The average Bonchev–Trinajstić information content (AvgIpc) is 2.69. The zero-order chi connectivity index (χ0) is 13.8. The van der Waals surface area contributed by atoms with E-state index in [0.29, 0.717) is 5.89 Å². The molecule has 0 aliphatic carbocycles. The van der Waals surface area contributed by atoms with Gasteiger partial charge in [-0.05, 0) is 31.5 Å². The quantitative estimate of drug-likeness (QED) is 0.919. The van der Waals surface area contributed by atoms with Crippen molar-refractivity contribution in [1.29, 1.82) is 0 Å². The summed E-state index contributed by atoms with van der Waals surface area (Å²) in [5.41, 5.74) is 1.58. The Hall–Kier alpha value is -2.17. The number of carbonyl (C=O) groups is 1. The molecule has 4 nitrogen and oxygen atoms in total. The molecule has 0 fully saturated rings. The highest BCUT2D eigenvalue weighted by molar-refractivity contribution is 5.78. The largest absolute Gasteiger partial charge is 0.444 e. The number of carbonyl (C=O) groups excluding carboxylic acids is 1. The number of benzene rings is 1. The monoisotopic (exact) mass is 262 g/mol. The standard InChI is InChI=1S/C14H15FN2O2/c1-9-10(2)19-14(17-9)8-16-13(18)7-11-3-5-12(15)6-4-11/h3-6H,7-8H2,1-2H3,(H,16,18). The minimum Gasteiger partial charge on any atom is -0.444 e. The van der Waals surface area contributed by atoms with Crippen molar-refractivity contribution in [3.63, 3.8) is 0 Å². The fraction of sp³-hybridized carbons (Fsp3) is 0.286. The topological polar surface area (TPSA) is 55.1 Å². The normalized spacial score (nSPS) is 10.5. The SMILES string of the molecule is Cc1nc(CNC(=O)Cc2ccc(F)cc2)oc1C. The third-order valence-corrected chi connectivity index (χ3v) is 2.79. The third kappa shape index (κ3) is 3.64. The maximum Gasteiger partial charge on any atom is 0.224 e. The van der Waals surface area contributed by atoms with Gasteiger partial charge in [-0.1, -0.05) is 12.1 Å². The molecule has 1 aromatic heterocycles. The van der Waals surface area contributed by atoms with Crippen molar-refractivity contribution >= 4 is 5.91 Å². The Kier molecular flexibility index (Phi) is 3.94. The molecule has 19 heavy (non-hydrogen) atoms. The summed E-state index contributed by atoms with van der Waals surface area (Å²) in [5.74, 6) is 0.778. The molecule has 1 N–H and O–H groups in total. The second kappa shape index (κ2) is 5.65. The summed E-state index contributed by atoms with van der Waals surface area (Å²) in [6.45, 7) is 3.93. The first-order chi connectivity index (χ1) is 9.04. The van der Waals surface area contributed by atoms with E-state index in [2.05, 4.69) is 10.3 Å². The molecule has 0 atom stereocenters. The van der Waals surface area contributed by atoms with Crippen LogP contribution in [0.3, 0.4) is 0 Å². The second-order valence-corrected chi connectivity index (χ2v) is 4.33. The van der Waals surface area contributed by atoms with E-state index in [1.54, 1.807) is 12.1 Å². The van der Waals surface area contributed by atoms with E-state index in [0.717, 1.165) is 17.0 Å². The maximum atomic E-state index is 12.7. The maximum absolute atomic E-state index is 12.7. The zero-order valence-corrected chi connectivity index (χ0v) is 10.9. The number of amides is 1. The van der Waals surface area contributed by atoms with Crippen molar-refractivity contribution in [2.24, 2.45) is 0 Å². The van der Waals surface area contributed by atoms with Gasteiger partial charge >= 0.3 is 0 Å². The number of aryl methyl sites for hydroxylation is 2. The lowest BCUT2D eigenvalue weighted by molar-refractivity contribution is -0.120. The van der Waals surface area contributed by atoms with Crippen molar-refractivity contribution in [3.8, 4) is 0 Å². The lowest BCUT2D eigenvalue weighted by Crippen LogP contribution is -2.24. The van der Waals surface area contributed by atoms with Crippen LogP contribution in [0.2, 0.25) is 0 Å². The van der Waals surface area contributed by atoms with Crippen molar-refractivity contribution in [2.45, 2.75) is 26.8 Å². The smallest absolute Gasteiger partial charge is 0.224 e. The van der Waals surface area contributed by atoms with Crippen molar-refractivity contribution in [1.82, 2.24) is 10.3 Å². The molecule has 0 spiro atoms. The molecule has 1 heterocycles. The summed E-state index contributed by atoms with van der Waals surface area (Å²) in [6.07, 6.45) is 0.207. The van der Waals surface area contributed by atoms with Crippen LogP contribution >= 0.6 is 0 Å². The molecular formula is C14H15FN2O2. The first kappa shape index (κ1) is 13.3. The highest BCUT2D eigenvalue weighted by Gasteiger charge is 2.08. The number of rotatable bonds is 4. The fourth-order valence-electron chi connectivity index (χ4n) is 1.64. The third-order valence-electron chi connectivity index (χ3n) is 2.79. The molecule has 1 amide bonds. The van der Waals surface area contributed by atoms with Gasteiger partial charge < -0.3 is 9.73 Å². The van der Waals surface area contributed by atoms with Crippen LogP contribution in [0.4, 0.5) is 4.39 Å². The molecule has 0 bridgehead atoms. The van der Waals surface area contributed by atoms with Gasteiger partial charge in [-0.3, -0.25) is 4.79 Å². The molecule has 0 aliphatic rings. The van der Waals surface area contributed by atoms with Gasteiger partial charge in [0.05, 0.1) is 18.7 Å². The zero-order valence-electron chi connectivity index (χ0n) is 10.9. The van der Waals surface area contributed by atoms with Gasteiger partial charge in [0.2, 0.25) is 11.8 Å². The first-order valence-corrected chi connectivity index (χ1v) is 5.98. The summed E-state index contributed by atoms with van der Waals surface area (Å²) < 4.78 is 18.1. The Morgan fingerprint density at radius 3 is 2.58 bits per heavy atom. The lowest BCUT2D eigenvalue weighted by Gasteiger charge is -2.03. The van der Waals surface area contributed by atoms with E-state index in [9.17, 15) is 9.18 Å². The summed E-state index contributed by atoms with van der Waals surface area (Å²) in [7, 11) is 0. The first-order valence-electron chi connectivity index (χ1n) is 5.98. The van der Waals surface area contributed by atoms with Gasteiger partial charge in [-0.25, -0.2) is 9.37 Å². The van der Waals surface area contributed by atoms with Crippen LogP contribution in [0.1, 0.15) is 22.9 Å². The number of hydrogen-bond donors (Lipinski definition) is 1. The predicted molar refractivity (Wildman–Crippen MR) is 67.9 cm³/mol. The molecule has 2 aromatic rings. The number of aromatic nitrogens is 1. The Balaban J connectivity index is 1.86. The molecule has 100 valence electrons. The van der Waals surface area contributed by atoms with Crippen molar-refractivity contribution in [3.05, 3.63) is 53.0 Å². The summed E-state index contributed by atoms with van der Waals surface area (Å²) in [4.78, 5) is 15.9. The lowest BCUT2D eigenvalue weighted by atomic mass is 10.1. The van der Waals surface area contributed by atoms with Crippen LogP contribution in [-0.2, 0) is 17.8 Å². The van der Waals surface area contributed by atoms with Crippen LogP contribution in [0.5, 0.6) is 0 Å². The Bertz CT molecular complexity index is 556. The average molecular weight is 262 g/mol. The summed E-state index contributed by atoms with van der Waals surface area (Å²) in [6, 6.07) is 5.86. The van der Waals surface area contributed by atoms with Gasteiger partial charge in [0.25, 0.3) is 0 Å². The number of nitrogens with zero attached hydrogens (tertiary/aromatic N) is 1. The van der Waals surface area contributed by atoms with E-state index in [1.807, 2.05) is 13.8 Å². The molecule has 0 saturated heterocycles. The van der Waals surface area contributed by atoms with Gasteiger partial charge in [0.15, 0.2) is 0 Å². The van der Waals surface area contributed by atoms with Gasteiger partial charge in [-0.2, -0.15) is 0 Å². The number of oxazole rings is 1. The molecular weight excluding hydrogens is 247 g/mol. The minimum atomic E-state index is -0.310. The van der Waals surface area contributed by atoms with Crippen molar-refractivity contribution < 1.29 is 13.6 Å². The molecule has 2 rings (SSSR count). The van der Waals surface area contributed by atoms with Gasteiger partial charge in [0, 0.05) is 0 Å². The van der Waals surface area contributed by atoms with E-state index < -0.39 is 0 Å². The molecule has 0 radical (unpaired) electrons. The Morgan fingerprint density at radius 2 is 2.00 bits per heavy atom. The number of hydrogen-bond acceptors (Lipinski definition) is 3. The molecule has 0 aliphatic heterocycles. The second-order valence-electron chi connectivity index (χ2n) is 4.33. The van der Waals surface area contributed by atoms with E-state index in [-0.39, 0.29) is 24.7 Å². The number of halogens is 1. The summed E-state index contributed by atoms with van der Waals surface area (Å²) in [5, 5.41) is 2.71. The number of nitrogens with one attached hydrogen (secondary N) is 1. The highest BCUT2D eigenvalue weighted by atomic mass is 19.1. The molecule has 0 saturated carbocycles. The predicted octanol–water partition coefficient (Wildman–Crippen LogP) is 2.29. The van der Waals surface area contributed by atoms with Crippen LogP contribution in [0.25, 0.3) is 0 Å². The Morgan fingerprint density at radius 1 is 1.32 bits per heavy atom. The van der Waals surface area contributed by atoms with Gasteiger partial charge in [-0.15, -0.1) is 0 Å². The summed E-state index contributed by atoms with van der Waals surface area (Å²) >= 11 is 0. The molecule has 0 unspecified atom stereocenters. The molecule has 5 heteroatoms. The highest BCUT2D eigenvalue weighted by Crippen LogP contribution is 2.08. The minimum absolute atomic E-state index is 0.153. The van der Waals surface area contributed by atoms with Crippen LogP contribution in [-0.4, -0.2) is 10.9 Å². The van der Waals surface area contributed by atoms with Crippen LogP contribution in [0, 0.1) is 19.7 Å². The van der Waals surface area contributed by atoms with E-state index >= 15 is 0 Å². The van der Waals surface area contributed by atoms with Crippen LogP contribution < -0.4 is 5.32 Å². The van der Waals surface area contributed by atoms with Crippen molar-refractivity contribution in [2.75, 3.05) is 0 Å². The van der Waals surface area contributed by atoms with Gasteiger partial charge in [0.1, 0.15) is 11.6 Å². The van der Waals surface area contributed by atoms with E-state index in [4.69, 9.17) is 4.42 Å². The van der Waals surface area contributed by atoms with Crippen LogP contribution in [0.15, 0.2) is 28.7 Å². The van der Waals surface area contributed by atoms with E-state index in [1.165, 1.54) is 12.1 Å².